The van der Waals surface area contributed by atoms with Crippen LogP contribution >= 0.6 is 0 Å². The molecule has 0 fully saturated rings. The highest BCUT2D eigenvalue weighted by molar-refractivity contribution is 5.59. The zero-order chi connectivity index (χ0) is 12.4. The minimum Gasteiger partial charge on any atom is -0.496 e. The fraction of sp³-hybridized carbons (Fsp3) is 0.500. The monoisotopic (exact) mass is 239 g/mol. The van der Waals surface area contributed by atoms with Crippen molar-refractivity contribution in [2.24, 2.45) is 0 Å². The summed E-state index contributed by atoms with van der Waals surface area (Å²) in [5.41, 5.74) is 1.67. The maximum Gasteiger partial charge on any atom is 0.167 e. The Morgan fingerprint density at radius 1 is 1.18 bits per heavy atom. The molecule has 5 nitrogen and oxygen atoms in total. The van der Waals surface area contributed by atoms with Gasteiger partial charge in [0.05, 0.1) is 27.4 Å². The Balaban J connectivity index is 2.66. The first kappa shape index (κ1) is 12.0. The number of aliphatic hydroxyl groups excluding tert-OH is 1. The van der Waals surface area contributed by atoms with E-state index in [9.17, 15) is 5.11 Å². The predicted octanol–water partition coefficient (Wildman–Crippen LogP) is 0.849. The molecular weight excluding hydrogens is 222 g/mol. The molecule has 2 N–H and O–H groups in total. The van der Waals surface area contributed by atoms with Crippen LogP contribution in [0.3, 0.4) is 0 Å². The van der Waals surface area contributed by atoms with Crippen LogP contribution in [0.15, 0.2) is 6.07 Å². The highest BCUT2D eigenvalue weighted by atomic mass is 16.5. The number of fused-ring (bicyclic) bond motifs is 1. The van der Waals surface area contributed by atoms with Gasteiger partial charge in [0.25, 0.3) is 0 Å². The van der Waals surface area contributed by atoms with Gasteiger partial charge in [0.1, 0.15) is 5.75 Å². The molecule has 0 saturated carbocycles. The van der Waals surface area contributed by atoms with E-state index in [1.165, 1.54) is 0 Å². The standard InChI is InChI=1S/C12H17NO4/c1-15-9-4-10(16-2)12(17-3)11-7(9)5-13-6-8(11)14/h4,8,13-14H,5-6H2,1-3H3. The van der Waals surface area contributed by atoms with Crippen LogP contribution in [0.25, 0.3) is 0 Å². The van der Waals surface area contributed by atoms with Gasteiger partial charge < -0.3 is 24.6 Å². The highest BCUT2D eigenvalue weighted by Gasteiger charge is 2.28. The molecule has 1 aromatic rings. The van der Waals surface area contributed by atoms with Crippen molar-refractivity contribution in [3.8, 4) is 17.2 Å². The molecule has 1 aliphatic heterocycles. The van der Waals surface area contributed by atoms with Gasteiger partial charge in [-0.2, -0.15) is 0 Å². The van der Waals surface area contributed by atoms with Crippen molar-refractivity contribution >= 4 is 0 Å². The fourth-order valence-corrected chi connectivity index (χ4v) is 2.19. The summed E-state index contributed by atoms with van der Waals surface area (Å²) in [5.74, 6) is 1.85. The number of hydrogen-bond donors (Lipinski definition) is 2. The molecule has 0 radical (unpaired) electrons. The topological polar surface area (TPSA) is 60.0 Å². The number of ether oxygens (including phenoxy) is 3. The van der Waals surface area contributed by atoms with Crippen LogP contribution in [-0.4, -0.2) is 33.0 Å². The van der Waals surface area contributed by atoms with Gasteiger partial charge in [0.15, 0.2) is 11.5 Å². The van der Waals surface area contributed by atoms with Crippen molar-refractivity contribution < 1.29 is 19.3 Å². The molecule has 0 aliphatic carbocycles. The van der Waals surface area contributed by atoms with Gasteiger partial charge in [0, 0.05) is 30.3 Å². The molecule has 1 atom stereocenters. The van der Waals surface area contributed by atoms with E-state index in [2.05, 4.69) is 5.32 Å². The number of hydrogen-bond acceptors (Lipinski definition) is 5. The molecule has 2 rings (SSSR count). The van der Waals surface area contributed by atoms with Crippen molar-refractivity contribution in [1.29, 1.82) is 0 Å². The van der Waals surface area contributed by atoms with Crippen molar-refractivity contribution in [3.05, 3.63) is 17.2 Å². The normalized spacial score (nSPS) is 18.5. The summed E-state index contributed by atoms with van der Waals surface area (Å²) < 4.78 is 15.9. The molecule has 1 heterocycles. The summed E-state index contributed by atoms with van der Waals surface area (Å²) in [6.07, 6.45) is -0.613. The van der Waals surface area contributed by atoms with Crippen LogP contribution in [-0.2, 0) is 6.54 Å². The average Bonchev–Trinajstić information content (AvgIpc) is 2.37. The van der Waals surface area contributed by atoms with Gasteiger partial charge in [-0.05, 0) is 0 Å². The van der Waals surface area contributed by atoms with Crippen LogP contribution in [0.4, 0.5) is 0 Å². The quantitative estimate of drug-likeness (QED) is 0.819. The van der Waals surface area contributed by atoms with Crippen molar-refractivity contribution in [2.45, 2.75) is 12.6 Å². The number of rotatable bonds is 3. The minimum absolute atomic E-state index is 0.500. The van der Waals surface area contributed by atoms with E-state index in [1.54, 1.807) is 27.4 Å². The molecule has 5 heteroatoms. The summed E-state index contributed by atoms with van der Waals surface area (Å²) in [4.78, 5) is 0. The molecule has 1 aromatic carbocycles. The average molecular weight is 239 g/mol. The second-order valence-electron chi connectivity index (χ2n) is 3.85. The largest absolute Gasteiger partial charge is 0.496 e. The highest BCUT2D eigenvalue weighted by Crippen LogP contribution is 2.43. The zero-order valence-corrected chi connectivity index (χ0v) is 10.2. The van der Waals surface area contributed by atoms with E-state index in [4.69, 9.17) is 14.2 Å². The molecule has 0 amide bonds. The molecular formula is C12H17NO4. The number of methoxy groups -OCH3 is 3. The smallest absolute Gasteiger partial charge is 0.167 e. The lowest BCUT2D eigenvalue weighted by Gasteiger charge is -2.27. The predicted molar refractivity (Wildman–Crippen MR) is 62.8 cm³/mol. The van der Waals surface area contributed by atoms with Gasteiger partial charge >= 0.3 is 0 Å². The number of benzene rings is 1. The van der Waals surface area contributed by atoms with E-state index < -0.39 is 6.10 Å². The van der Waals surface area contributed by atoms with Crippen LogP contribution < -0.4 is 19.5 Å². The van der Waals surface area contributed by atoms with E-state index in [0.29, 0.717) is 30.3 Å². The summed E-state index contributed by atoms with van der Waals surface area (Å²) in [6, 6.07) is 1.78. The van der Waals surface area contributed by atoms with E-state index in [0.717, 1.165) is 11.1 Å². The van der Waals surface area contributed by atoms with Crippen LogP contribution in [0.1, 0.15) is 17.2 Å². The first-order chi connectivity index (χ1) is 8.22. The van der Waals surface area contributed by atoms with Crippen LogP contribution in [0.5, 0.6) is 17.2 Å². The fourth-order valence-electron chi connectivity index (χ4n) is 2.19. The second-order valence-corrected chi connectivity index (χ2v) is 3.85. The van der Waals surface area contributed by atoms with Crippen molar-refractivity contribution in [1.82, 2.24) is 5.32 Å². The Kier molecular flexibility index (Phi) is 3.40. The lowest BCUT2D eigenvalue weighted by molar-refractivity contribution is 0.158. The summed E-state index contributed by atoms with van der Waals surface area (Å²) in [6.45, 7) is 1.15. The van der Waals surface area contributed by atoms with Crippen LogP contribution in [0.2, 0.25) is 0 Å². The third-order valence-electron chi connectivity index (χ3n) is 2.97. The second kappa shape index (κ2) is 4.81. The lowest BCUT2D eigenvalue weighted by Crippen LogP contribution is -2.29. The van der Waals surface area contributed by atoms with Gasteiger partial charge in [-0.15, -0.1) is 0 Å². The van der Waals surface area contributed by atoms with Gasteiger partial charge in [0.2, 0.25) is 0 Å². The van der Waals surface area contributed by atoms with Gasteiger partial charge in [-0.25, -0.2) is 0 Å². The number of aliphatic hydroxyl groups is 1. The van der Waals surface area contributed by atoms with E-state index in [1.807, 2.05) is 0 Å². The Morgan fingerprint density at radius 3 is 2.47 bits per heavy atom. The number of β-amino-alcohol motifs (C(OH)–C–C–N with tert-alkyl or cyclic N) is 1. The maximum atomic E-state index is 10.1. The Morgan fingerprint density at radius 2 is 1.88 bits per heavy atom. The van der Waals surface area contributed by atoms with Crippen molar-refractivity contribution in [3.63, 3.8) is 0 Å². The summed E-state index contributed by atoms with van der Waals surface area (Å²) in [7, 11) is 4.74. The zero-order valence-electron chi connectivity index (χ0n) is 10.2. The minimum atomic E-state index is -0.613. The number of nitrogens with one attached hydrogen (secondary N) is 1. The molecule has 94 valence electrons. The maximum absolute atomic E-state index is 10.1. The Labute approximate surface area is 100 Å². The molecule has 0 aromatic heterocycles. The molecule has 0 saturated heterocycles. The van der Waals surface area contributed by atoms with Gasteiger partial charge in [-0.3, -0.25) is 0 Å². The Hall–Kier alpha value is -1.46. The molecule has 1 unspecified atom stereocenters. The van der Waals surface area contributed by atoms with Gasteiger partial charge in [-0.1, -0.05) is 0 Å². The Bertz CT molecular complexity index is 397. The van der Waals surface area contributed by atoms with E-state index >= 15 is 0 Å². The third-order valence-corrected chi connectivity index (χ3v) is 2.97. The van der Waals surface area contributed by atoms with E-state index in [-0.39, 0.29) is 0 Å². The first-order valence-electron chi connectivity index (χ1n) is 5.43. The first-order valence-corrected chi connectivity index (χ1v) is 5.43. The third kappa shape index (κ3) is 1.92. The summed E-state index contributed by atoms with van der Waals surface area (Å²) in [5, 5.41) is 13.2. The molecule has 1 aliphatic rings. The SMILES string of the molecule is COc1cc(OC)c(OC)c2c1CNCC2O. The molecule has 0 spiro atoms. The van der Waals surface area contributed by atoms with Crippen molar-refractivity contribution in [2.75, 3.05) is 27.9 Å². The molecule has 17 heavy (non-hydrogen) atoms. The lowest BCUT2D eigenvalue weighted by atomic mass is 9.96. The molecule has 0 bridgehead atoms. The van der Waals surface area contributed by atoms with Crippen LogP contribution in [0, 0.1) is 0 Å². The summed E-state index contributed by atoms with van der Waals surface area (Å²) >= 11 is 0.